The molecule has 3 aromatic heterocycles. The molecule has 14 heteroatoms. The number of esters is 1. The molecule has 0 radical (unpaired) electrons. The highest BCUT2D eigenvalue weighted by Crippen LogP contribution is 2.43. The van der Waals surface area contributed by atoms with Crippen LogP contribution >= 0.6 is 11.3 Å². The van der Waals surface area contributed by atoms with Crippen LogP contribution in [0.2, 0.25) is 0 Å². The summed E-state index contributed by atoms with van der Waals surface area (Å²) in [4.78, 5) is 56.0. The van der Waals surface area contributed by atoms with Crippen molar-refractivity contribution in [3.05, 3.63) is 64.3 Å². The van der Waals surface area contributed by atoms with E-state index in [1.165, 1.54) is 16.3 Å². The molecule has 5 atom stereocenters. The summed E-state index contributed by atoms with van der Waals surface area (Å²) >= 11 is 1.48. The highest BCUT2D eigenvalue weighted by molar-refractivity contribution is 7.10. The highest BCUT2D eigenvalue weighted by Gasteiger charge is 2.42. The van der Waals surface area contributed by atoms with E-state index in [9.17, 15) is 14.4 Å². The first kappa shape index (κ1) is 40.2. The number of anilines is 1. The van der Waals surface area contributed by atoms with Crippen LogP contribution in [-0.2, 0) is 43.2 Å². The van der Waals surface area contributed by atoms with Gasteiger partial charge >= 0.3 is 5.97 Å². The molecule has 6 heterocycles. The Balaban J connectivity index is 1.27. The van der Waals surface area contributed by atoms with E-state index in [-0.39, 0.29) is 49.3 Å². The first-order valence-electron chi connectivity index (χ1n) is 20.6. The number of hydrazine groups is 1. The van der Waals surface area contributed by atoms with Crippen molar-refractivity contribution in [2.45, 2.75) is 78.6 Å². The van der Waals surface area contributed by atoms with Gasteiger partial charge in [0.25, 0.3) is 5.91 Å². The molecular formula is C44H56N8O5S. The lowest BCUT2D eigenvalue weighted by molar-refractivity contribution is -0.151. The molecular weight excluding hydrogens is 753 g/mol. The molecule has 0 spiro atoms. The van der Waals surface area contributed by atoms with Crippen molar-refractivity contribution in [3.63, 3.8) is 0 Å². The number of carbonyl (C=O) groups excluding carboxylic acids is 3. The number of rotatable bonds is 7. The van der Waals surface area contributed by atoms with Gasteiger partial charge in [0.2, 0.25) is 5.91 Å². The van der Waals surface area contributed by atoms with Gasteiger partial charge in [-0.25, -0.2) is 15.2 Å². The smallest absolute Gasteiger partial charge is 0.328 e. The van der Waals surface area contributed by atoms with E-state index in [1.807, 2.05) is 25.4 Å². The molecule has 1 aliphatic carbocycles. The maximum Gasteiger partial charge on any atom is 0.328 e. The zero-order valence-corrected chi connectivity index (χ0v) is 35.5. The standard InChI is InChI=1S/C44H56N8O5S/c1-8-51-37-12-11-28-19-31(37)33(40(51)32-20-29(23-45-39(32)27(3)56-7)50-16-14-49(6)15-17-50)22-44(4,5)25-57-43(55)34-10-9-13-52(48-34)42(54)35(21-38-46-36(28)24-58-38)47-41(53)30-18-26(30)2/h9-12,19-20,23-24,26-27,30,34-35,48H,8,13-18,21-22,25H2,1-7H3,(H,47,53)/t26-,27-,30-,34-,35-/m0/s1. The molecule has 1 saturated heterocycles. The van der Waals surface area contributed by atoms with Crippen LogP contribution in [0.3, 0.4) is 0 Å². The van der Waals surface area contributed by atoms with Crippen LogP contribution < -0.4 is 15.6 Å². The van der Waals surface area contributed by atoms with E-state index in [2.05, 4.69) is 77.2 Å². The van der Waals surface area contributed by atoms with Gasteiger partial charge in [-0.3, -0.25) is 19.6 Å². The van der Waals surface area contributed by atoms with Crippen molar-refractivity contribution in [3.8, 4) is 22.5 Å². The lowest BCUT2D eigenvalue weighted by Crippen LogP contribution is -2.59. The van der Waals surface area contributed by atoms with Crippen LogP contribution in [0.1, 0.15) is 63.4 Å². The fraction of sp³-hybridized carbons (Fsp3) is 0.523. The number of pyridine rings is 1. The molecule has 13 nitrogen and oxygen atoms in total. The molecule has 1 aromatic carbocycles. The number of ether oxygens (including phenoxy) is 2. The molecule has 8 rings (SSSR count). The molecule has 308 valence electrons. The fourth-order valence-corrected chi connectivity index (χ4v) is 9.38. The Bertz CT molecular complexity index is 2240. The third kappa shape index (κ3) is 8.03. The third-order valence-corrected chi connectivity index (χ3v) is 13.1. The molecule has 3 aliphatic heterocycles. The number of fused-ring (bicyclic) bond motifs is 6. The van der Waals surface area contributed by atoms with Crippen LogP contribution in [-0.4, -0.2) is 108 Å². The number of nitrogens with zero attached hydrogens (tertiary/aromatic N) is 6. The van der Waals surface area contributed by atoms with Gasteiger partial charge in [-0.05, 0) is 63.4 Å². The lowest BCUT2D eigenvalue weighted by atomic mass is 9.84. The molecule has 6 bridgehead atoms. The number of aromatic nitrogens is 3. The predicted octanol–water partition coefficient (Wildman–Crippen LogP) is 5.39. The molecule has 1 saturated carbocycles. The molecule has 2 amide bonds. The highest BCUT2D eigenvalue weighted by atomic mass is 32.1. The predicted molar refractivity (Wildman–Crippen MR) is 226 cm³/mol. The summed E-state index contributed by atoms with van der Waals surface area (Å²) in [6.45, 7) is 15.4. The number of amides is 2. The monoisotopic (exact) mass is 808 g/mol. The molecule has 0 unspecified atom stereocenters. The number of cyclic esters (lactones) is 1. The van der Waals surface area contributed by atoms with Crippen molar-refractivity contribution in [2.75, 3.05) is 58.4 Å². The van der Waals surface area contributed by atoms with Crippen molar-refractivity contribution in [1.82, 2.24) is 35.2 Å². The number of benzene rings is 1. The number of carbonyl (C=O) groups is 3. The average Bonchev–Trinajstić information content (AvgIpc) is 3.65. The maximum atomic E-state index is 14.1. The summed E-state index contributed by atoms with van der Waals surface area (Å²) in [6.07, 6.45) is 6.88. The second-order valence-electron chi connectivity index (χ2n) is 17.2. The van der Waals surface area contributed by atoms with Crippen LogP contribution in [0.5, 0.6) is 0 Å². The van der Waals surface area contributed by atoms with Crippen molar-refractivity contribution in [2.24, 2.45) is 17.3 Å². The van der Waals surface area contributed by atoms with Gasteiger partial charge in [-0.1, -0.05) is 39.0 Å². The summed E-state index contributed by atoms with van der Waals surface area (Å²) in [5.74, 6) is -0.742. The van der Waals surface area contributed by atoms with E-state index < -0.39 is 23.5 Å². The number of likely N-dealkylation sites (N-methyl/N-ethyl adjacent to an activating group) is 1. The quantitative estimate of drug-likeness (QED) is 0.185. The number of aryl methyl sites for hydroxylation is 1. The van der Waals surface area contributed by atoms with E-state index in [0.717, 1.165) is 94.5 Å². The summed E-state index contributed by atoms with van der Waals surface area (Å²) < 4.78 is 14.4. The van der Waals surface area contributed by atoms with Gasteiger partial charge < -0.3 is 29.2 Å². The van der Waals surface area contributed by atoms with Gasteiger partial charge in [-0.2, -0.15) is 0 Å². The van der Waals surface area contributed by atoms with E-state index >= 15 is 0 Å². The normalized spacial score (nSPS) is 24.4. The van der Waals surface area contributed by atoms with Gasteiger partial charge in [0.1, 0.15) is 12.1 Å². The SMILES string of the molecule is CCn1c(-c2cc(N3CCN(C)CC3)cnc2[C@H](C)OC)c2c3cc(ccc31)-c1csc(n1)C[C@H](NC(=O)[C@H]1C[C@@H]1C)C(=O)N1CC=C[C@H](N1)C(=O)OCC(C)(C)C2. The van der Waals surface area contributed by atoms with Gasteiger partial charge in [0, 0.05) is 85.0 Å². The Morgan fingerprint density at radius 1 is 1.17 bits per heavy atom. The minimum absolute atomic E-state index is 0.104. The zero-order valence-electron chi connectivity index (χ0n) is 34.7. The molecule has 4 aromatic rings. The zero-order chi connectivity index (χ0) is 40.9. The Kier molecular flexibility index (Phi) is 11.2. The number of thiazole rings is 1. The number of hydrogen-bond acceptors (Lipinski definition) is 11. The Labute approximate surface area is 344 Å². The number of nitrogens with one attached hydrogen (secondary N) is 2. The van der Waals surface area contributed by atoms with Gasteiger partial charge in [0.15, 0.2) is 0 Å². The second kappa shape index (κ2) is 16.2. The summed E-state index contributed by atoms with van der Waals surface area (Å²) in [5, 5.41) is 8.31. The Morgan fingerprint density at radius 3 is 2.67 bits per heavy atom. The minimum atomic E-state index is -0.861. The van der Waals surface area contributed by atoms with Crippen molar-refractivity contribution in [1.29, 1.82) is 0 Å². The van der Waals surface area contributed by atoms with Crippen LogP contribution in [0, 0.1) is 17.3 Å². The van der Waals surface area contributed by atoms with Crippen LogP contribution in [0.15, 0.2) is 48.0 Å². The Hall–Kier alpha value is -4.63. The van der Waals surface area contributed by atoms with E-state index in [4.69, 9.17) is 19.4 Å². The molecule has 58 heavy (non-hydrogen) atoms. The van der Waals surface area contributed by atoms with Crippen LogP contribution in [0.25, 0.3) is 33.4 Å². The topological polar surface area (TPSA) is 134 Å². The van der Waals surface area contributed by atoms with Crippen molar-refractivity contribution >= 4 is 45.7 Å². The fourth-order valence-electron chi connectivity index (χ4n) is 8.53. The van der Waals surface area contributed by atoms with E-state index in [1.54, 1.807) is 19.3 Å². The summed E-state index contributed by atoms with van der Waals surface area (Å²) in [7, 11) is 3.89. The second-order valence-corrected chi connectivity index (χ2v) is 18.2. The van der Waals surface area contributed by atoms with Gasteiger partial charge in [0.05, 0.1) is 53.2 Å². The molecule has 4 aliphatic rings. The average molecular weight is 809 g/mol. The van der Waals surface area contributed by atoms with Gasteiger partial charge in [-0.15, -0.1) is 11.3 Å². The first-order chi connectivity index (χ1) is 27.8. The first-order valence-corrected chi connectivity index (χ1v) is 21.5. The summed E-state index contributed by atoms with van der Waals surface area (Å²) in [6, 6.07) is 7.10. The number of methoxy groups -OCH3 is 1. The number of piperazine rings is 1. The maximum absolute atomic E-state index is 14.1. The lowest BCUT2D eigenvalue weighted by Gasteiger charge is -2.34. The molecule has 2 N–H and O–H groups in total. The van der Waals surface area contributed by atoms with Crippen molar-refractivity contribution < 1.29 is 23.9 Å². The third-order valence-electron chi connectivity index (χ3n) is 12.2. The molecule has 2 fully saturated rings. The number of hydrogen-bond donors (Lipinski definition) is 2. The summed E-state index contributed by atoms with van der Waals surface area (Å²) in [5.41, 5.74) is 10.7. The Morgan fingerprint density at radius 2 is 1.95 bits per heavy atom. The minimum Gasteiger partial charge on any atom is -0.464 e. The largest absolute Gasteiger partial charge is 0.464 e. The van der Waals surface area contributed by atoms with Crippen LogP contribution in [0.4, 0.5) is 5.69 Å². The van der Waals surface area contributed by atoms with E-state index in [0.29, 0.717) is 6.42 Å².